The number of benzene rings is 1. The summed E-state index contributed by atoms with van der Waals surface area (Å²) >= 11 is 0. The Bertz CT molecular complexity index is 728. The van der Waals surface area contributed by atoms with Crippen molar-refractivity contribution in [1.82, 2.24) is 20.0 Å². The molecule has 1 aromatic carbocycles. The molecule has 26 heavy (non-hydrogen) atoms. The summed E-state index contributed by atoms with van der Waals surface area (Å²) < 4.78 is 5.38. The number of rotatable bonds is 4. The van der Waals surface area contributed by atoms with Crippen LogP contribution in [0.25, 0.3) is 0 Å². The quantitative estimate of drug-likeness (QED) is 0.867. The average molecular weight is 356 g/mol. The molecule has 3 aliphatic heterocycles. The molecular formula is C19H24N4O3. The molecule has 1 atom stereocenters. The summed E-state index contributed by atoms with van der Waals surface area (Å²) in [5.74, 6) is 0.0222. The Morgan fingerprint density at radius 3 is 2.58 bits per heavy atom. The third-order valence-corrected chi connectivity index (χ3v) is 5.36. The number of ether oxygens (including phenoxy) is 1. The molecular weight excluding hydrogens is 332 g/mol. The molecule has 7 heteroatoms. The van der Waals surface area contributed by atoms with Gasteiger partial charge in [0.2, 0.25) is 0 Å². The molecule has 0 saturated carbocycles. The van der Waals surface area contributed by atoms with Gasteiger partial charge in [-0.15, -0.1) is 0 Å². The fourth-order valence-corrected chi connectivity index (χ4v) is 3.79. The van der Waals surface area contributed by atoms with Crippen molar-refractivity contribution >= 4 is 11.9 Å². The molecule has 1 aromatic rings. The van der Waals surface area contributed by atoms with Crippen molar-refractivity contribution in [3.05, 3.63) is 47.2 Å². The van der Waals surface area contributed by atoms with Crippen LogP contribution in [0.3, 0.4) is 0 Å². The molecule has 0 radical (unpaired) electrons. The standard InChI is InChI=1S/C19H24N4O3/c1-21-15-13-23(8-7-22-9-11-26-12-10-22)18(24)16(15)17(20-19(21)25)14-5-3-2-4-6-14/h2-6,17H,7-13H2,1H3,(H,20,25). The number of hydrogen-bond acceptors (Lipinski definition) is 4. The van der Waals surface area contributed by atoms with Crippen LogP contribution in [0.4, 0.5) is 4.79 Å². The highest BCUT2D eigenvalue weighted by molar-refractivity contribution is 6.01. The third kappa shape index (κ3) is 3.08. The highest BCUT2D eigenvalue weighted by Gasteiger charge is 2.42. The zero-order valence-corrected chi connectivity index (χ0v) is 15.0. The summed E-state index contributed by atoms with van der Waals surface area (Å²) in [6.45, 7) is 5.29. The van der Waals surface area contributed by atoms with E-state index in [2.05, 4.69) is 10.2 Å². The topological polar surface area (TPSA) is 65.1 Å². The van der Waals surface area contributed by atoms with Crippen molar-refractivity contribution in [3.63, 3.8) is 0 Å². The number of likely N-dealkylation sites (N-methyl/N-ethyl adjacent to an activating group) is 1. The summed E-state index contributed by atoms with van der Waals surface area (Å²) in [7, 11) is 1.73. The van der Waals surface area contributed by atoms with E-state index in [4.69, 9.17) is 4.74 Å². The van der Waals surface area contributed by atoms with Crippen LogP contribution in [0, 0.1) is 0 Å². The summed E-state index contributed by atoms with van der Waals surface area (Å²) in [6.07, 6.45) is 0. The van der Waals surface area contributed by atoms with Crippen LogP contribution in [0.5, 0.6) is 0 Å². The predicted molar refractivity (Wildman–Crippen MR) is 96.3 cm³/mol. The second-order valence-electron chi connectivity index (χ2n) is 6.89. The molecule has 1 unspecified atom stereocenters. The van der Waals surface area contributed by atoms with E-state index in [1.165, 1.54) is 0 Å². The van der Waals surface area contributed by atoms with Gasteiger partial charge in [-0.05, 0) is 5.56 Å². The fraction of sp³-hybridized carbons (Fsp3) is 0.474. The largest absolute Gasteiger partial charge is 0.379 e. The minimum atomic E-state index is -0.379. The number of amides is 3. The third-order valence-electron chi connectivity index (χ3n) is 5.36. The van der Waals surface area contributed by atoms with Gasteiger partial charge in [-0.3, -0.25) is 14.6 Å². The molecule has 1 N–H and O–H groups in total. The van der Waals surface area contributed by atoms with Crippen LogP contribution in [-0.2, 0) is 9.53 Å². The van der Waals surface area contributed by atoms with E-state index < -0.39 is 0 Å². The highest BCUT2D eigenvalue weighted by atomic mass is 16.5. The number of hydrogen-bond donors (Lipinski definition) is 1. The number of nitrogens with one attached hydrogen (secondary N) is 1. The maximum atomic E-state index is 13.1. The van der Waals surface area contributed by atoms with Crippen molar-refractivity contribution in [2.45, 2.75) is 6.04 Å². The van der Waals surface area contributed by atoms with E-state index in [1.54, 1.807) is 11.9 Å². The van der Waals surface area contributed by atoms with E-state index >= 15 is 0 Å². The first-order valence-corrected chi connectivity index (χ1v) is 9.07. The van der Waals surface area contributed by atoms with E-state index in [-0.39, 0.29) is 18.0 Å². The van der Waals surface area contributed by atoms with Gasteiger partial charge in [0.15, 0.2) is 0 Å². The number of carbonyl (C=O) groups excluding carboxylic acids is 2. The zero-order valence-electron chi connectivity index (χ0n) is 15.0. The lowest BCUT2D eigenvalue weighted by atomic mass is 9.96. The van der Waals surface area contributed by atoms with Crippen molar-refractivity contribution in [3.8, 4) is 0 Å². The van der Waals surface area contributed by atoms with Gasteiger partial charge >= 0.3 is 6.03 Å². The number of nitrogens with zero attached hydrogens (tertiary/aromatic N) is 3. The van der Waals surface area contributed by atoms with Crippen LogP contribution in [-0.4, -0.2) is 79.6 Å². The van der Waals surface area contributed by atoms with Crippen molar-refractivity contribution in [2.24, 2.45) is 0 Å². The van der Waals surface area contributed by atoms with Gasteiger partial charge in [-0.25, -0.2) is 4.79 Å². The van der Waals surface area contributed by atoms with Gasteiger partial charge in [0, 0.05) is 33.2 Å². The molecule has 1 saturated heterocycles. The lowest BCUT2D eigenvalue weighted by Crippen LogP contribution is -2.45. The fourth-order valence-electron chi connectivity index (χ4n) is 3.79. The molecule has 3 heterocycles. The van der Waals surface area contributed by atoms with Crippen LogP contribution in [0.2, 0.25) is 0 Å². The zero-order chi connectivity index (χ0) is 18.1. The van der Waals surface area contributed by atoms with Crippen LogP contribution in [0.1, 0.15) is 11.6 Å². The Balaban J connectivity index is 1.53. The lowest BCUT2D eigenvalue weighted by Gasteiger charge is -2.31. The first-order valence-electron chi connectivity index (χ1n) is 9.07. The molecule has 7 nitrogen and oxygen atoms in total. The summed E-state index contributed by atoms with van der Waals surface area (Å²) in [6, 6.07) is 9.14. The lowest BCUT2D eigenvalue weighted by molar-refractivity contribution is -0.126. The Hall–Kier alpha value is -2.38. The Morgan fingerprint density at radius 2 is 1.85 bits per heavy atom. The van der Waals surface area contributed by atoms with Crippen molar-refractivity contribution in [2.75, 3.05) is 53.0 Å². The maximum Gasteiger partial charge on any atom is 0.322 e. The molecule has 0 aliphatic carbocycles. The van der Waals surface area contributed by atoms with Gasteiger partial charge in [0.1, 0.15) is 0 Å². The Kier molecular flexibility index (Phi) is 4.65. The normalized spacial score (nSPS) is 24.1. The van der Waals surface area contributed by atoms with Crippen molar-refractivity contribution in [1.29, 1.82) is 0 Å². The first kappa shape index (κ1) is 17.1. The summed E-state index contributed by atoms with van der Waals surface area (Å²) in [4.78, 5) is 31.2. The minimum absolute atomic E-state index is 0.0222. The first-order chi connectivity index (χ1) is 12.6. The van der Waals surface area contributed by atoms with Gasteiger partial charge < -0.3 is 15.0 Å². The SMILES string of the molecule is CN1C(=O)NC(c2ccccc2)C2=C1CN(CCN1CCOCC1)C2=O. The molecule has 3 amide bonds. The average Bonchev–Trinajstić information content (AvgIpc) is 3.01. The molecule has 3 aliphatic rings. The predicted octanol–water partition coefficient (Wildman–Crippen LogP) is 0.811. The van der Waals surface area contributed by atoms with Crippen molar-refractivity contribution < 1.29 is 14.3 Å². The molecule has 0 spiro atoms. The van der Waals surface area contributed by atoms with Gasteiger partial charge in [0.25, 0.3) is 5.91 Å². The van der Waals surface area contributed by atoms with Crippen LogP contribution >= 0.6 is 0 Å². The van der Waals surface area contributed by atoms with Crippen LogP contribution in [0.15, 0.2) is 41.6 Å². The Morgan fingerprint density at radius 1 is 1.12 bits per heavy atom. The molecule has 4 rings (SSSR count). The van der Waals surface area contributed by atoms with Gasteiger partial charge in [-0.2, -0.15) is 0 Å². The summed E-state index contributed by atoms with van der Waals surface area (Å²) in [5.41, 5.74) is 2.44. The van der Waals surface area contributed by atoms with E-state index in [1.807, 2.05) is 35.2 Å². The van der Waals surface area contributed by atoms with E-state index in [0.717, 1.165) is 44.1 Å². The van der Waals surface area contributed by atoms with E-state index in [9.17, 15) is 9.59 Å². The highest BCUT2D eigenvalue weighted by Crippen LogP contribution is 2.35. The number of carbonyl (C=O) groups is 2. The summed E-state index contributed by atoms with van der Waals surface area (Å²) in [5, 5.41) is 2.96. The number of morpholine rings is 1. The maximum absolute atomic E-state index is 13.1. The van der Waals surface area contributed by atoms with Gasteiger partial charge in [0.05, 0.1) is 37.1 Å². The molecule has 0 aromatic heterocycles. The molecule has 1 fully saturated rings. The van der Waals surface area contributed by atoms with E-state index in [0.29, 0.717) is 18.7 Å². The van der Waals surface area contributed by atoms with Gasteiger partial charge in [-0.1, -0.05) is 30.3 Å². The second kappa shape index (κ2) is 7.09. The van der Waals surface area contributed by atoms with Crippen LogP contribution < -0.4 is 5.32 Å². The molecule has 0 bridgehead atoms. The Labute approximate surface area is 153 Å². The molecule has 138 valence electrons. The number of urea groups is 1. The smallest absolute Gasteiger partial charge is 0.322 e. The second-order valence-corrected chi connectivity index (χ2v) is 6.89. The minimum Gasteiger partial charge on any atom is -0.379 e. The monoisotopic (exact) mass is 356 g/mol.